The van der Waals surface area contributed by atoms with Crippen LogP contribution in [0.15, 0.2) is 12.2 Å². The first-order chi connectivity index (χ1) is 17.5. The number of phosphoric acid groups is 1. The Kier molecular flexibility index (Phi) is 21.6. The number of phosphoric ester groups is 1. The van der Waals surface area contributed by atoms with E-state index in [2.05, 4.69) is 31.3 Å². The molecule has 37 heavy (non-hydrogen) atoms. The Morgan fingerprint density at radius 1 is 0.892 bits per heavy atom. The van der Waals surface area contributed by atoms with E-state index in [4.69, 9.17) is 9.05 Å². The molecule has 3 atom stereocenters. The number of rotatable bonds is 25. The summed E-state index contributed by atoms with van der Waals surface area (Å²) in [4.78, 5) is 22.5. The summed E-state index contributed by atoms with van der Waals surface area (Å²) in [6.45, 7) is 4.64. The maximum atomic E-state index is 12.5. The number of allylic oxidation sites excluding steroid dienone is 2. The number of likely N-dealkylation sites (N-methyl/N-ethyl adjacent to an activating group) is 1. The first-order valence-electron chi connectivity index (χ1n) is 14.6. The second kappa shape index (κ2) is 22.1. The number of unbranched alkanes of at least 4 members (excludes halogenated alkanes) is 10. The molecule has 220 valence electrons. The molecule has 0 aliphatic rings. The van der Waals surface area contributed by atoms with Crippen LogP contribution < -0.4 is 5.32 Å². The zero-order valence-corrected chi connectivity index (χ0v) is 25.4. The highest BCUT2D eigenvalue weighted by Crippen LogP contribution is 2.43. The van der Waals surface area contributed by atoms with Crippen molar-refractivity contribution in [3.63, 3.8) is 0 Å². The number of hydrogen-bond donors (Lipinski definition) is 3. The molecule has 0 rings (SSSR count). The van der Waals surface area contributed by atoms with Gasteiger partial charge in [-0.2, -0.15) is 0 Å². The van der Waals surface area contributed by atoms with Crippen molar-refractivity contribution in [3.05, 3.63) is 12.2 Å². The number of aliphatic hydroxyl groups is 1. The monoisotopic (exact) mass is 549 g/mol. The minimum atomic E-state index is -4.27. The van der Waals surface area contributed by atoms with E-state index in [9.17, 15) is 19.4 Å². The molecule has 0 saturated carbocycles. The van der Waals surface area contributed by atoms with E-state index in [1.807, 2.05) is 21.1 Å². The predicted molar refractivity (Wildman–Crippen MR) is 152 cm³/mol. The van der Waals surface area contributed by atoms with Gasteiger partial charge >= 0.3 is 7.82 Å². The molecule has 0 aromatic heterocycles. The second-order valence-corrected chi connectivity index (χ2v) is 12.6. The molecular formula is C28H58N2O6P+. The maximum Gasteiger partial charge on any atom is 0.472 e. The molecule has 0 aliphatic heterocycles. The quantitative estimate of drug-likeness (QED) is 0.0548. The average molecular weight is 550 g/mol. The molecule has 0 bridgehead atoms. The van der Waals surface area contributed by atoms with E-state index >= 15 is 0 Å². The summed E-state index contributed by atoms with van der Waals surface area (Å²) < 4.78 is 23.1. The van der Waals surface area contributed by atoms with Gasteiger partial charge < -0.3 is 19.8 Å². The van der Waals surface area contributed by atoms with E-state index in [-0.39, 0.29) is 19.1 Å². The summed E-state index contributed by atoms with van der Waals surface area (Å²) in [6.07, 6.45) is 18.8. The van der Waals surface area contributed by atoms with E-state index in [0.29, 0.717) is 23.9 Å². The minimum Gasteiger partial charge on any atom is -0.391 e. The number of hydrogen-bond acceptors (Lipinski definition) is 5. The minimum absolute atomic E-state index is 0.0720. The van der Waals surface area contributed by atoms with E-state index in [1.54, 1.807) is 0 Å². The number of carbonyl (C=O) groups is 1. The van der Waals surface area contributed by atoms with Crippen molar-refractivity contribution in [1.29, 1.82) is 0 Å². The lowest BCUT2D eigenvalue weighted by Gasteiger charge is -2.26. The summed E-state index contributed by atoms with van der Waals surface area (Å²) in [5, 5.41) is 13.4. The second-order valence-electron chi connectivity index (χ2n) is 11.1. The summed E-state index contributed by atoms with van der Waals surface area (Å²) in [7, 11) is 1.60. The van der Waals surface area contributed by atoms with Gasteiger partial charge in [-0.1, -0.05) is 77.4 Å². The van der Waals surface area contributed by atoms with Gasteiger partial charge in [0.2, 0.25) is 5.91 Å². The van der Waals surface area contributed by atoms with Crippen molar-refractivity contribution in [2.45, 2.75) is 122 Å². The number of nitrogens with zero attached hydrogens (tertiary/aromatic N) is 1. The zero-order valence-electron chi connectivity index (χ0n) is 24.5. The van der Waals surface area contributed by atoms with Gasteiger partial charge in [0.05, 0.1) is 39.9 Å². The summed E-state index contributed by atoms with van der Waals surface area (Å²) >= 11 is 0. The largest absolute Gasteiger partial charge is 0.472 e. The van der Waals surface area contributed by atoms with Crippen molar-refractivity contribution < 1.29 is 32.9 Å². The highest BCUT2D eigenvalue weighted by atomic mass is 31.2. The topological polar surface area (TPSA) is 105 Å². The van der Waals surface area contributed by atoms with Crippen LogP contribution in [0.3, 0.4) is 0 Å². The van der Waals surface area contributed by atoms with Gasteiger partial charge in [0.25, 0.3) is 0 Å². The molecule has 0 spiro atoms. The fraction of sp³-hybridized carbons (Fsp3) is 0.893. The highest BCUT2D eigenvalue weighted by Gasteiger charge is 2.28. The summed E-state index contributed by atoms with van der Waals surface area (Å²) in [5.41, 5.74) is 0. The SMILES string of the molecule is CCCCC/C=C\CCCCCCCC(=O)NC(COP(=O)(O)OCC[N+](C)(C)C)C(O)CCCCC. The average Bonchev–Trinajstić information content (AvgIpc) is 2.81. The molecule has 0 aromatic rings. The fourth-order valence-electron chi connectivity index (χ4n) is 3.80. The molecule has 3 unspecified atom stereocenters. The third-order valence-electron chi connectivity index (χ3n) is 6.26. The molecule has 0 heterocycles. The van der Waals surface area contributed by atoms with Crippen LogP contribution in [0.4, 0.5) is 0 Å². The molecule has 0 radical (unpaired) electrons. The molecule has 0 saturated heterocycles. The van der Waals surface area contributed by atoms with Crippen LogP contribution in [0.5, 0.6) is 0 Å². The Labute approximate surface area is 227 Å². The van der Waals surface area contributed by atoms with Crippen molar-refractivity contribution in [2.75, 3.05) is 40.9 Å². The van der Waals surface area contributed by atoms with Gasteiger partial charge in [-0.25, -0.2) is 4.57 Å². The lowest BCUT2D eigenvalue weighted by Crippen LogP contribution is -2.46. The zero-order chi connectivity index (χ0) is 28.0. The van der Waals surface area contributed by atoms with Crippen molar-refractivity contribution >= 4 is 13.7 Å². The van der Waals surface area contributed by atoms with E-state index in [0.717, 1.165) is 51.4 Å². The number of aliphatic hydroxyl groups excluding tert-OH is 1. The van der Waals surface area contributed by atoms with E-state index in [1.165, 1.54) is 32.1 Å². The third-order valence-corrected chi connectivity index (χ3v) is 7.25. The predicted octanol–water partition coefficient (Wildman–Crippen LogP) is 6.12. The van der Waals surface area contributed by atoms with Crippen LogP contribution >= 0.6 is 7.82 Å². The van der Waals surface area contributed by atoms with Crippen molar-refractivity contribution in [2.24, 2.45) is 0 Å². The van der Waals surface area contributed by atoms with Crippen LogP contribution in [0, 0.1) is 0 Å². The molecule has 1 amide bonds. The standard InChI is InChI=1S/C28H57N2O6P/c1-6-8-10-11-12-13-14-15-16-17-18-20-22-28(32)29-26(27(31)21-19-9-7-2)25-36-37(33,34)35-24-23-30(3,4)5/h12-13,26-27,31H,6-11,14-25H2,1-5H3,(H-,29,32,33,34)/p+1/b13-12-. The normalized spacial score (nSPS) is 15.5. The van der Waals surface area contributed by atoms with Crippen molar-refractivity contribution in [3.8, 4) is 0 Å². The molecule has 0 aromatic carbocycles. The molecule has 0 fully saturated rings. The highest BCUT2D eigenvalue weighted by molar-refractivity contribution is 7.47. The van der Waals surface area contributed by atoms with Crippen LogP contribution in [0.25, 0.3) is 0 Å². The molecule has 3 N–H and O–H groups in total. The Morgan fingerprint density at radius 3 is 2.08 bits per heavy atom. The third kappa shape index (κ3) is 24.0. The number of quaternary nitrogens is 1. The molecular weight excluding hydrogens is 491 g/mol. The lowest BCUT2D eigenvalue weighted by molar-refractivity contribution is -0.870. The Balaban J connectivity index is 4.38. The maximum absolute atomic E-state index is 12.5. The van der Waals surface area contributed by atoms with Gasteiger partial charge in [-0.05, 0) is 38.5 Å². The lowest BCUT2D eigenvalue weighted by atomic mass is 10.0. The fourth-order valence-corrected chi connectivity index (χ4v) is 4.54. The van der Waals surface area contributed by atoms with Crippen LogP contribution in [-0.2, 0) is 18.4 Å². The molecule has 9 heteroatoms. The smallest absolute Gasteiger partial charge is 0.391 e. The molecule has 0 aliphatic carbocycles. The van der Waals surface area contributed by atoms with Gasteiger partial charge in [-0.15, -0.1) is 0 Å². The van der Waals surface area contributed by atoms with Crippen LogP contribution in [0.1, 0.15) is 110 Å². The van der Waals surface area contributed by atoms with Gasteiger partial charge in [0, 0.05) is 6.42 Å². The van der Waals surface area contributed by atoms with Crippen molar-refractivity contribution in [1.82, 2.24) is 5.32 Å². The summed E-state index contributed by atoms with van der Waals surface area (Å²) in [6, 6.07) is -0.754. The van der Waals surface area contributed by atoms with Gasteiger partial charge in [0.1, 0.15) is 13.2 Å². The Bertz CT molecular complexity index is 639. The molecule has 8 nitrogen and oxygen atoms in total. The first kappa shape index (κ1) is 36.2. The number of amides is 1. The van der Waals surface area contributed by atoms with Gasteiger partial charge in [0.15, 0.2) is 0 Å². The number of carbonyl (C=O) groups excluding carboxylic acids is 1. The summed E-state index contributed by atoms with van der Waals surface area (Å²) in [5.74, 6) is -0.170. The van der Waals surface area contributed by atoms with Crippen LogP contribution in [0.2, 0.25) is 0 Å². The van der Waals surface area contributed by atoms with Crippen LogP contribution in [-0.4, -0.2) is 73.4 Å². The first-order valence-corrected chi connectivity index (χ1v) is 16.0. The van der Waals surface area contributed by atoms with E-state index < -0.39 is 20.0 Å². The Hall–Kier alpha value is -0.760. The Morgan fingerprint density at radius 2 is 1.46 bits per heavy atom. The van der Waals surface area contributed by atoms with Gasteiger partial charge in [-0.3, -0.25) is 13.8 Å². The number of nitrogens with one attached hydrogen (secondary N) is 1.